The van der Waals surface area contributed by atoms with E-state index >= 15 is 0 Å². The fraction of sp³-hybridized carbons (Fsp3) is 0.467. The van der Waals surface area contributed by atoms with Crippen molar-refractivity contribution in [3.63, 3.8) is 0 Å². The van der Waals surface area contributed by atoms with Gasteiger partial charge in [0.1, 0.15) is 0 Å². The van der Waals surface area contributed by atoms with Gasteiger partial charge < -0.3 is 16.0 Å². The number of hydrogen-bond donors (Lipinski definition) is 3. The third kappa shape index (κ3) is 5.83. The third-order valence-corrected chi connectivity index (χ3v) is 3.59. The van der Waals surface area contributed by atoms with E-state index in [-0.39, 0.29) is 24.2 Å². The SMILES string of the molecule is CNCCC(=O)Nc1ccc(Cl)cc1C(=O)NCC1CC1.Cl. The van der Waals surface area contributed by atoms with Gasteiger partial charge in [0, 0.05) is 24.5 Å². The Balaban J connectivity index is 0.00000242. The van der Waals surface area contributed by atoms with E-state index < -0.39 is 0 Å². The normalized spacial score (nSPS) is 13.2. The van der Waals surface area contributed by atoms with E-state index in [1.807, 2.05) is 0 Å². The minimum atomic E-state index is -0.201. The highest BCUT2D eigenvalue weighted by Crippen LogP contribution is 2.28. The van der Waals surface area contributed by atoms with E-state index in [1.165, 1.54) is 12.8 Å². The van der Waals surface area contributed by atoms with Gasteiger partial charge in [-0.15, -0.1) is 12.4 Å². The summed E-state index contributed by atoms with van der Waals surface area (Å²) in [6.45, 7) is 1.27. The maximum absolute atomic E-state index is 12.2. The van der Waals surface area contributed by atoms with Crippen molar-refractivity contribution in [2.75, 3.05) is 25.5 Å². The van der Waals surface area contributed by atoms with E-state index in [4.69, 9.17) is 11.6 Å². The maximum atomic E-state index is 12.2. The molecule has 0 aliphatic heterocycles. The molecule has 22 heavy (non-hydrogen) atoms. The van der Waals surface area contributed by atoms with Crippen molar-refractivity contribution in [3.8, 4) is 0 Å². The Kier molecular flexibility index (Phi) is 7.65. The molecule has 1 aromatic rings. The summed E-state index contributed by atoms with van der Waals surface area (Å²) >= 11 is 5.95. The van der Waals surface area contributed by atoms with E-state index in [2.05, 4.69) is 16.0 Å². The summed E-state index contributed by atoms with van der Waals surface area (Å²) in [5, 5.41) is 9.02. The van der Waals surface area contributed by atoms with Crippen LogP contribution in [0.2, 0.25) is 5.02 Å². The van der Waals surface area contributed by atoms with Crippen LogP contribution in [0.4, 0.5) is 5.69 Å². The summed E-state index contributed by atoms with van der Waals surface area (Å²) in [6.07, 6.45) is 2.69. The Hall–Kier alpha value is -1.30. The fourth-order valence-corrected chi connectivity index (χ4v) is 2.09. The maximum Gasteiger partial charge on any atom is 0.253 e. The van der Waals surface area contributed by atoms with Gasteiger partial charge >= 0.3 is 0 Å². The summed E-state index contributed by atoms with van der Waals surface area (Å²) in [7, 11) is 1.78. The smallest absolute Gasteiger partial charge is 0.253 e. The third-order valence-electron chi connectivity index (χ3n) is 3.35. The highest BCUT2D eigenvalue weighted by Gasteiger charge is 2.22. The summed E-state index contributed by atoms with van der Waals surface area (Å²) in [6, 6.07) is 4.90. The molecule has 1 fully saturated rings. The molecule has 1 aliphatic carbocycles. The summed E-state index contributed by atoms with van der Waals surface area (Å²) in [5.74, 6) is 0.262. The number of halogens is 2. The molecule has 5 nitrogen and oxygen atoms in total. The number of benzene rings is 1. The van der Waals surface area contributed by atoms with Crippen molar-refractivity contribution < 1.29 is 9.59 Å². The van der Waals surface area contributed by atoms with Crippen LogP contribution in [0.25, 0.3) is 0 Å². The Morgan fingerprint density at radius 1 is 1.32 bits per heavy atom. The van der Waals surface area contributed by atoms with Crippen LogP contribution >= 0.6 is 24.0 Å². The predicted octanol–water partition coefficient (Wildman–Crippen LogP) is 2.45. The van der Waals surface area contributed by atoms with E-state index in [9.17, 15) is 9.59 Å². The highest BCUT2D eigenvalue weighted by atomic mass is 35.5. The Morgan fingerprint density at radius 2 is 2.05 bits per heavy atom. The van der Waals surface area contributed by atoms with Crippen molar-refractivity contribution in [2.24, 2.45) is 5.92 Å². The number of hydrogen-bond acceptors (Lipinski definition) is 3. The average molecular weight is 346 g/mol. The van der Waals surface area contributed by atoms with E-state index in [0.717, 1.165) is 0 Å². The predicted molar refractivity (Wildman–Crippen MR) is 90.9 cm³/mol. The number of amides is 2. The van der Waals surface area contributed by atoms with Gasteiger partial charge in [-0.1, -0.05) is 11.6 Å². The number of rotatable bonds is 7. The zero-order valence-corrected chi connectivity index (χ0v) is 14.0. The second-order valence-corrected chi connectivity index (χ2v) is 5.68. The monoisotopic (exact) mass is 345 g/mol. The van der Waals surface area contributed by atoms with Gasteiger partial charge in [0.25, 0.3) is 5.91 Å². The van der Waals surface area contributed by atoms with Crippen LogP contribution in [0.5, 0.6) is 0 Å². The van der Waals surface area contributed by atoms with Crippen LogP contribution in [0, 0.1) is 5.92 Å². The summed E-state index contributed by atoms with van der Waals surface area (Å²) in [4.78, 5) is 24.0. The molecule has 0 unspecified atom stereocenters. The Labute approximate surface area is 141 Å². The molecule has 1 saturated carbocycles. The second kappa shape index (κ2) is 8.98. The summed E-state index contributed by atoms with van der Waals surface area (Å²) in [5.41, 5.74) is 0.898. The fourth-order valence-electron chi connectivity index (χ4n) is 1.92. The first kappa shape index (κ1) is 18.7. The van der Waals surface area contributed by atoms with Gasteiger partial charge in [0.15, 0.2) is 0 Å². The molecule has 3 N–H and O–H groups in total. The van der Waals surface area contributed by atoms with Crippen LogP contribution in [-0.4, -0.2) is 32.0 Å². The van der Waals surface area contributed by atoms with Crippen LogP contribution in [-0.2, 0) is 4.79 Å². The molecule has 0 saturated heterocycles. The molecule has 0 bridgehead atoms. The standard InChI is InChI=1S/C15H20ClN3O2.ClH/c1-17-7-6-14(20)19-13-5-4-11(16)8-12(13)15(21)18-9-10-2-3-10;/h4-5,8,10,17H,2-3,6-7,9H2,1H3,(H,18,21)(H,19,20);1H. The average Bonchev–Trinajstić information content (AvgIpc) is 3.28. The second-order valence-electron chi connectivity index (χ2n) is 5.25. The molecule has 0 aromatic heterocycles. The van der Waals surface area contributed by atoms with E-state index in [0.29, 0.717) is 41.7 Å². The molecule has 7 heteroatoms. The zero-order valence-electron chi connectivity index (χ0n) is 12.4. The molecule has 0 radical (unpaired) electrons. The van der Waals surface area contributed by atoms with Crippen molar-refractivity contribution in [1.82, 2.24) is 10.6 Å². The lowest BCUT2D eigenvalue weighted by atomic mass is 10.1. The van der Waals surface area contributed by atoms with Crippen LogP contribution in [0.3, 0.4) is 0 Å². The van der Waals surface area contributed by atoms with Crippen molar-refractivity contribution in [3.05, 3.63) is 28.8 Å². The van der Waals surface area contributed by atoms with Crippen molar-refractivity contribution >= 4 is 41.5 Å². The van der Waals surface area contributed by atoms with Gasteiger partial charge in [0.2, 0.25) is 5.91 Å². The molecular formula is C15H21Cl2N3O2. The van der Waals surface area contributed by atoms with Gasteiger partial charge in [-0.2, -0.15) is 0 Å². The van der Waals surface area contributed by atoms with Gasteiger partial charge in [-0.3, -0.25) is 9.59 Å². The minimum Gasteiger partial charge on any atom is -0.352 e. The lowest BCUT2D eigenvalue weighted by Crippen LogP contribution is -2.27. The topological polar surface area (TPSA) is 70.2 Å². The van der Waals surface area contributed by atoms with E-state index in [1.54, 1.807) is 25.2 Å². The molecule has 122 valence electrons. The first-order valence-electron chi connectivity index (χ1n) is 7.12. The quantitative estimate of drug-likeness (QED) is 0.710. The molecule has 0 atom stereocenters. The first-order chi connectivity index (χ1) is 10.1. The van der Waals surface area contributed by atoms with Gasteiger partial charge in [-0.05, 0) is 44.0 Å². The Bertz CT molecular complexity index is 534. The number of carbonyl (C=O) groups excluding carboxylic acids is 2. The number of nitrogens with one attached hydrogen (secondary N) is 3. The highest BCUT2D eigenvalue weighted by molar-refractivity contribution is 6.31. The zero-order chi connectivity index (χ0) is 15.2. The Morgan fingerprint density at radius 3 is 2.68 bits per heavy atom. The molecule has 1 aliphatic rings. The molecule has 2 amide bonds. The lowest BCUT2D eigenvalue weighted by Gasteiger charge is -2.12. The lowest BCUT2D eigenvalue weighted by molar-refractivity contribution is -0.116. The first-order valence-corrected chi connectivity index (χ1v) is 7.50. The molecular weight excluding hydrogens is 325 g/mol. The van der Waals surface area contributed by atoms with Gasteiger partial charge in [-0.25, -0.2) is 0 Å². The van der Waals surface area contributed by atoms with Crippen LogP contribution in [0.15, 0.2) is 18.2 Å². The van der Waals surface area contributed by atoms with Gasteiger partial charge in [0.05, 0.1) is 11.3 Å². The largest absolute Gasteiger partial charge is 0.352 e. The minimum absolute atomic E-state index is 0. The summed E-state index contributed by atoms with van der Waals surface area (Å²) < 4.78 is 0. The molecule has 1 aromatic carbocycles. The van der Waals surface area contributed by atoms with Crippen molar-refractivity contribution in [1.29, 1.82) is 0 Å². The molecule has 0 spiro atoms. The van der Waals surface area contributed by atoms with Crippen LogP contribution < -0.4 is 16.0 Å². The number of carbonyl (C=O) groups is 2. The van der Waals surface area contributed by atoms with Crippen molar-refractivity contribution in [2.45, 2.75) is 19.3 Å². The molecule has 0 heterocycles. The number of anilines is 1. The van der Waals surface area contributed by atoms with Crippen LogP contribution in [0.1, 0.15) is 29.6 Å². The molecule has 2 rings (SSSR count).